The van der Waals surface area contributed by atoms with E-state index in [1.54, 1.807) is 0 Å². The number of hydrogen-bond acceptors (Lipinski definition) is 4. The Morgan fingerprint density at radius 2 is 1.44 bits per heavy atom. The lowest BCUT2D eigenvalue weighted by Crippen LogP contribution is -2.02. The number of ether oxygens (including phenoxy) is 2. The maximum Gasteiger partial charge on any atom is 0.309 e. The van der Waals surface area contributed by atoms with Gasteiger partial charge in [-0.3, -0.25) is 9.59 Å². The van der Waals surface area contributed by atoms with Gasteiger partial charge in [0.1, 0.15) is 0 Å². The number of rotatable bonds is 0. The average Bonchev–Trinajstić information content (AvgIpc) is 1.97. The van der Waals surface area contributed by atoms with Gasteiger partial charge in [-0.05, 0) is 0 Å². The Labute approximate surface area is 51.7 Å². The van der Waals surface area contributed by atoms with Crippen molar-refractivity contribution in [3.05, 3.63) is 0 Å². The number of hydrogen-bond donors (Lipinski definition) is 0. The zero-order valence-electron chi connectivity index (χ0n) is 4.75. The highest BCUT2D eigenvalue weighted by Gasteiger charge is 2.13. The number of carbonyl (C=O) groups is 2. The highest BCUT2D eigenvalue weighted by molar-refractivity contribution is 5.78. The molecule has 9 heavy (non-hydrogen) atoms. The van der Waals surface area contributed by atoms with Gasteiger partial charge in [-0.1, -0.05) is 0 Å². The minimum absolute atomic E-state index is 0.138. The Bertz CT molecular complexity index is 124. The molecule has 0 aliphatic carbocycles. The molecule has 0 saturated carbocycles. The standard InChI is InChI=1S/C5H6O4/c6-4-1-2-5(7)9-3-8-4/h1-3H2. The van der Waals surface area contributed by atoms with Crippen LogP contribution in [0.3, 0.4) is 0 Å². The molecule has 0 bridgehead atoms. The normalized spacial score (nSPS) is 20.0. The molecule has 0 aromatic carbocycles. The number of carbonyl (C=O) groups excluding carboxylic acids is 2. The van der Waals surface area contributed by atoms with Crippen LogP contribution in [0.4, 0.5) is 0 Å². The summed E-state index contributed by atoms with van der Waals surface area (Å²) in [5.74, 6) is -0.748. The van der Waals surface area contributed by atoms with Crippen molar-refractivity contribution in [1.82, 2.24) is 0 Å². The molecule has 1 rings (SSSR count). The van der Waals surface area contributed by atoms with Crippen LogP contribution in [0.5, 0.6) is 0 Å². The van der Waals surface area contributed by atoms with Crippen molar-refractivity contribution in [3.63, 3.8) is 0 Å². The Morgan fingerprint density at radius 3 is 1.89 bits per heavy atom. The number of cyclic esters (lactones) is 2. The minimum atomic E-state index is -0.374. The SMILES string of the molecule is O=C1CCC(=O)OCO1. The maximum absolute atomic E-state index is 10.4. The van der Waals surface area contributed by atoms with E-state index >= 15 is 0 Å². The quantitative estimate of drug-likeness (QED) is 0.427. The second-order valence-electron chi connectivity index (χ2n) is 1.65. The predicted molar refractivity (Wildman–Crippen MR) is 26.3 cm³/mol. The van der Waals surface area contributed by atoms with Crippen molar-refractivity contribution >= 4 is 11.9 Å². The summed E-state index contributed by atoms with van der Waals surface area (Å²) in [6.45, 7) is -0.225. The molecule has 4 nitrogen and oxygen atoms in total. The van der Waals surface area contributed by atoms with Crippen LogP contribution in [-0.2, 0) is 19.1 Å². The van der Waals surface area contributed by atoms with Crippen LogP contribution in [0.25, 0.3) is 0 Å². The maximum atomic E-state index is 10.4. The van der Waals surface area contributed by atoms with Crippen molar-refractivity contribution in [2.24, 2.45) is 0 Å². The molecule has 1 aliphatic heterocycles. The van der Waals surface area contributed by atoms with Gasteiger partial charge in [-0.15, -0.1) is 0 Å². The van der Waals surface area contributed by atoms with E-state index in [1.807, 2.05) is 0 Å². The van der Waals surface area contributed by atoms with E-state index in [0.29, 0.717) is 0 Å². The van der Waals surface area contributed by atoms with Crippen LogP contribution in [0.15, 0.2) is 0 Å². The molecule has 4 heteroatoms. The summed E-state index contributed by atoms with van der Waals surface area (Å²) >= 11 is 0. The van der Waals surface area contributed by atoms with Crippen molar-refractivity contribution in [1.29, 1.82) is 0 Å². The first-order chi connectivity index (χ1) is 4.29. The highest BCUT2D eigenvalue weighted by atomic mass is 16.7. The van der Waals surface area contributed by atoms with Crippen LogP contribution in [0.2, 0.25) is 0 Å². The van der Waals surface area contributed by atoms with Crippen molar-refractivity contribution in [2.75, 3.05) is 6.79 Å². The third-order valence-corrected chi connectivity index (χ3v) is 0.973. The Balaban J connectivity index is 2.43. The Kier molecular flexibility index (Phi) is 1.67. The highest BCUT2D eigenvalue weighted by Crippen LogP contribution is 2.00. The zero-order chi connectivity index (χ0) is 6.69. The van der Waals surface area contributed by atoms with E-state index < -0.39 is 0 Å². The monoisotopic (exact) mass is 130 g/mol. The van der Waals surface area contributed by atoms with Crippen molar-refractivity contribution < 1.29 is 19.1 Å². The first-order valence-electron chi connectivity index (χ1n) is 2.60. The summed E-state index contributed by atoms with van der Waals surface area (Å²) < 4.78 is 8.78. The molecule has 0 atom stereocenters. The first kappa shape index (κ1) is 6.07. The summed E-state index contributed by atoms with van der Waals surface area (Å²) in [6, 6.07) is 0. The van der Waals surface area contributed by atoms with Gasteiger partial charge in [0.05, 0.1) is 12.8 Å². The van der Waals surface area contributed by atoms with Crippen LogP contribution < -0.4 is 0 Å². The molecule has 0 spiro atoms. The van der Waals surface area contributed by atoms with Gasteiger partial charge in [0, 0.05) is 0 Å². The van der Waals surface area contributed by atoms with Crippen LogP contribution >= 0.6 is 0 Å². The van der Waals surface area contributed by atoms with Crippen LogP contribution in [-0.4, -0.2) is 18.7 Å². The molecule has 0 aromatic heterocycles. The largest absolute Gasteiger partial charge is 0.428 e. The lowest BCUT2D eigenvalue weighted by molar-refractivity contribution is -0.159. The van der Waals surface area contributed by atoms with Gasteiger partial charge in [-0.25, -0.2) is 0 Å². The fraction of sp³-hybridized carbons (Fsp3) is 0.600. The van der Waals surface area contributed by atoms with E-state index in [9.17, 15) is 9.59 Å². The fourth-order valence-corrected chi connectivity index (χ4v) is 0.509. The molecule has 50 valence electrons. The lowest BCUT2D eigenvalue weighted by atomic mass is 10.3. The second kappa shape index (κ2) is 2.48. The molecular weight excluding hydrogens is 124 g/mol. The average molecular weight is 130 g/mol. The zero-order valence-corrected chi connectivity index (χ0v) is 4.75. The summed E-state index contributed by atoms with van der Waals surface area (Å²) in [6.07, 6.45) is 0.275. The topological polar surface area (TPSA) is 52.6 Å². The van der Waals surface area contributed by atoms with Crippen LogP contribution in [0.1, 0.15) is 12.8 Å². The third kappa shape index (κ3) is 1.71. The summed E-state index contributed by atoms with van der Waals surface area (Å²) in [5.41, 5.74) is 0. The van der Waals surface area contributed by atoms with E-state index in [-0.39, 0.29) is 31.6 Å². The van der Waals surface area contributed by atoms with Crippen molar-refractivity contribution in [3.8, 4) is 0 Å². The minimum Gasteiger partial charge on any atom is -0.428 e. The van der Waals surface area contributed by atoms with Gasteiger partial charge >= 0.3 is 11.9 Å². The predicted octanol–water partition coefficient (Wildman–Crippen LogP) is -0.176. The fourth-order valence-electron chi connectivity index (χ4n) is 0.509. The second-order valence-corrected chi connectivity index (χ2v) is 1.65. The van der Waals surface area contributed by atoms with E-state index in [1.165, 1.54) is 0 Å². The third-order valence-electron chi connectivity index (χ3n) is 0.973. The molecule has 0 unspecified atom stereocenters. The molecule has 0 N–H and O–H groups in total. The van der Waals surface area contributed by atoms with E-state index in [0.717, 1.165) is 0 Å². The van der Waals surface area contributed by atoms with E-state index in [4.69, 9.17) is 0 Å². The summed E-state index contributed by atoms with van der Waals surface area (Å²) in [4.78, 5) is 20.7. The smallest absolute Gasteiger partial charge is 0.309 e. The van der Waals surface area contributed by atoms with Gasteiger partial charge < -0.3 is 9.47 Å². The molecule has 1 aliphatic rings. The van der Waals surface area contributed by atoms with Crippen LogP contribution in [0, 0.1) is 0 Å². The summed E-state index contributed by atoms with van der Waals surface area (Å²) in [5, 5.41) is 0. The van der Waals surface area contributed by atoms with Gasteiger partial charge in [0.15, 0.2) is 0 Å². The molecule has 0 aromatic rings. The Morgan fingerprint density at radius 1 is 1.00 bits per heavy atom. The van der Waals surface area contributed by atoms with E-state index in [2.05, 4.69) is 9.47 Å². The summed E-state index contributed by atoms with van der Waals surface area (Å²) in [7, 11) is 0. The number of esters is 2. The molecular formula is C5H6O4. The lowest BCUT2D eigenvalue weighted by Gasteiger charge is -1.95. The molecule has 1 fully saturated rings. The molecule has 1 saturated heterocycles. The Hall–Kier alpha value is -1.06. The molecule has 0 amide bonds. The van der Waals surface area contributed by atoms with Gasteiger partial charge in [0.2, 0.25) is 6.79 Å². The molecule has 0 radical (unpaired) electrons. The van der Waals surface area contributed by atoms with Gasteiger partial charge in [0.25, 0.3) is 0 Å². The van der Waals surface area contributed by atoms with Crippen molar-refractivity contribution in [2.45, 2.75) is 12.8 Å². The first-order valence-corrected chi connectivity index (χ1v) is 2.60. The van der Waals surface area contributed by atoms with Gasteiger partial charge in [-0.2, -0.15) is 0 Å². The molecule has 1 heterocycles.